The third kappa shape index (κ3) is 4.35. The van der Waals surface area contributed by atoms with Gasteiger partial charge in [-0.3, -0.25) is 4.79 Å². The van der Waals surface area contributed by atoms with Crippen molar-refractivity contribution >= 4 is 11.6 Å². The highest BCUT2D eigenvalue weighted by atomic mass is 16.1. The van der Waals surface area contributed by atoms with Crippen molar-refractivity contribution in [1.82, 2.24) is 5.32 Å². The van der Waals surface area contributed by atoms with Crippen molar-refractivity contribution in [3.05, 3.63) is 29.3 Å². The number of hydrogen-bond donors (Lipinski definition) is 2. The molecule has 0 atom stereocenters. The normalized spacial score (nSPS) is 16.3. The number of nitrogens with one attached hydrogen (secondary N) is 2. The van der Waals surface area contributed by atoms with E-state index in [9.17, 15) is 4.79 Å². The maximum absolute atomic E-state index is 11.9. The molecule has 104 valence electrons. The summed E-state index contributed by atoms with van der Waals surface area (Å²) in [4.78, 5) is 11.9. The molecule has 0 heterocycles. The molecule has 1 fully saturated rings. The van der Waals surface area contributed by atoms with E-state index in [2.05, 4.69) is 24.5 Å². The van der Waals surface area contributed by atoms with Crippen molar-refractivity contribution in [2.24, 2.45) is 0 Å². The molecule has 1 aromatic carbocycles. The highest BCUT2D eigenvalue weighted by Crippen LogP contribution is 2.17. The van der Waals surface area contributed by atoms with E-state index in [4.69, 9.17) is 0 Å². The maximum atomic E-state index is 11.9. The van der Waals surface area contributed by atoms with Crippen molar-refractivity contribution < 1.29 is 4.79 Å². The lowest BCUT2D eigenvalue weighted by Crippen LogP contribution is -2.37. The summed E-state index contributed by atoms with van der Waals surface area (Å²) < 4.78 is 0. The van der Waals surface area contributed by atoms with E-state index in [0.29, 0.717) is 12.6 Å². The Morgan fingerprint density at radius 3 is 2.58 bits per heavy atom. The van der Waals surface area contributed by atoms with Crippen LogP contribution in [0.4, 0.5) is 5.69 Å². The van der Waals surface area contributed by atoms with E-state index in [0.717, 1.165) is 5.69 Å². The molecule has 1 aliphatic carbocycles. The number of aryl methyl sites for hydroxylation is 2. The lowest BCUT2D eigenvalue weighted by molar-refractivity contribution is -0.115. The van der Waals surface area contributed by atoms with E-state index in [1.54, 1.807) is 0 Å². The topological polar surface area (TPSA) is 41.1 Å². The molecule has 0 unspecified atom stereocenters. The van der Waals surface area contributed by atoms with Crippen molar-refractivity contribution in [3.8, 4) is 0 Å². The Labute approximate surface area is 115 Å². The summed E-state index contributed by atoms with van der Waals surface area (Å²) in [6.45, 7) is 4.55. The predicted octanol–water partition coefficient (Wildman–Crippen LogP) is 3.16. The molecule has 1 amide bonds. The van der Waals surface area contributed by atoms with Crippen LogP contribution in [0, 0.1) is 13.8 Å². The van der Waals surface area contributed by atoms with Crippen LogP contribution in [0.5, 0.6) is 0 Å². The SMILES string of the molecule is Cc1ccc(NC(=O)CNC2CCCCC2)cc1C. The molecule has 2 N–H and O–H groups in total. The minimum Gasteiger partial charge on any atom is -0.325 e. The van der Waals surface area contributed by atoms with Gasteiger partial charge < -0.3 is 10.6 Å². The third-order valence-corrected chi connectivity index (χ3v) is 3.95. The molecular formula is C16H24N2O. The fraction of sp³-hybridized carbons (Fsp3) is 0.562. The number of anilines is 1. The van der Waals surface area contributed by atoms with Gasteiger partial charge in [-0.1, -0.05) is 25.3 Å². The molecule has 0 radical (unpaired) electrons. The average molecular weight is 260 g/mol. The Morgan fingerprint density at radius 2 is 1.89 bits per heavy atom. The molecular weight excluding hydrogens is 236 g/mol. The van der Waals surface area contributed by atoms with Crippen LogP contribution in [-0.4, -0.2) is 18.5 Å². The monoisotopic (exact) mass is 260 g/mol. The van der Waals surface area contributed by atoms with Crippen molar-refractivity contribution in [2.45, 2.75) is 52.0 Å². The fourth-order valence-electron chi connectivity index (χ4n) is 2.57. The van der Waals surface area contributed by atoms with Crippen molar-refractivity contribution in [1.29, 1.82) is 0 Å². The third-order valence-electron chi connectivity index (χ3n) is 3.95. The first-order valence-electron chi connectivity index (χ1n) is 7.25. The number of benzene rings is 1. The van der Waals surface area contributed by atoms with Gasteiger partial charge in [0.2, 0.25) is 5.91 Å². The largest absolute Gasteiger partial charge is 0.325 e. The first kappa shape index (κ1) is 14.1. The molecule has 1 saturated carbocycles. The van der Waals surface area contributed by atoms with Crippen LogP contribution >= 0.6 is 0 Å². The van der Waals surface area contributed by atoms with Crippen LogP contribution in [-0.2, 0) is 4.79 Å². The molecule has 0 aromatic heterocycles. The van der Waals surface area contributed by atoms with Crippen LogP contribution in [0.25, 0.3) is 0 Å². The molecule has 1 aliphatic rings. The zero-order chi connectivity index (χ0) is 13.7. The fourth-order valence-corrected chi connectivity index (χ4v) is 2.57. The van der Waals surface area contributed by atoms with E-state index in [1.807, 2.05) is 18.2 Å². The van der Waals surface area contributed by atoms with Gasteiger partial charge in [-0.25, -0.2) is 0 Å². The van der Waals surface area contributed by atoms with Gasteiger partial charge in [-0.15, -0.1) is 0 Å². The minimum atomic E-state index is 0.0498. The molecule has 0 spiro atoms. The summed E-state index contributed by atoms with van der Waals surface area (Å²) in [6, 6.07) is 6.55. The summed E-state index contributed by atoms with van der Waals surface area (Å²) in [5.74, 6) is 0.0498. The van der Waals surface area contributed by atoms with Gasteiger partial charge in [0, 0.05) is 11.7 Å². The number of amides is 1. The number of carbonyl (C=O) groups excluding carboxylic acids is 1. The van der Waals surface area contributed by atoms with Crippen LogP contribution in [0.1, 0.15) is 43.2 Å². The quantitative estimate of drug-likeness (QED) is 0.873. The molecule has 3 heteroatoms. The summed E-state index contributed by atoms with van der Waals surface area (Å²) in [7, 11) is 0. The van der Waals surface area contributed by atoms with Gasteiger partial charge >= 0.3 is 0 Å². The Balaban J connectivity index is 1.78. The molecule has 0 bridgehead atoms. The number of rotatable bonds is 4. The van der Waals surface area contributed by atoms with Gasteiger partial charge in [0.25, 0.3) is 0 Å². The Bertz CT molecular complexity index is 436. The average Bonchev–Trinajstić information content (AvgIpc) is 2.42. The summed E-state index contributed by atoms with van der Waals surface area (Å²) in [6.07, 6.45) is 6.33. The Kier molecular flexibility index (Phi) is 4.97. The molecule has 19 heavy (non-hydrogen) atoms. The van der Waals surface area contributed by atoms with Crippen LogP contribution in [0.2, 0.25) is 0 Å². The Hall–Kier alpha value is -1.35. The van der Waals surface area contributed by atoms with E-state index in [-0.39, 0.29) is 5.91 Å². The van der Waals surface area contributed by atoms with Gasteiger partial charge in [0.05, 0.1) is 6.54 Å². The van der Waals surface area contributed by atoms with Crippen LogP contribution < -0.4 is 10.6 Å². The van der Waals surface area contributed by atoms with Gasteiger partial charge in [-0.2, -0.15) is 0 Å². The van der Waals surface area contributed by atoms with Crippen LogP contribution in [0.15, 0.2) is 18.2 Å². The zero-order valence-electron chi connectivity index (χ0n) is 12.0. The molecule has 1 aromatic rings. The predicted molar refractivity (Wildman–Crippen MR) is 79.4 cm³/mol. The summed E-state index contributed by atoms with van der Waals surface area (Å²) in [5.41, 5.74) is 3.34. The summed E-state index contributed by atoms with van der Waals surface area (Å²) >= 11 is 0. The molecule has 3 nitrogen and oxygen atoms in total. The minimum absolute atomic E-state index is 0.0498. The number of carbonyl (C=O) groups is 1. The van der Waals surface area contributed by atoms with E-state index in [1.165, 1.54) is 43.2 Å². The first-order valence-corrected chi connectivity index (χ1v) is 7.25. The van der Waals surface area contributed by atoms with Gasteiger partial charge in [0.1, 0.15) is 0 Å². The second-order valence-electron chi connectivity index (χ2n) is 5.56. The Morgan fingerprint density at radius 1 is 1.16 bits per heavy atom. The maximum Gasteiger partial charge on any atom is 0.238 e. The molecule has 0 saturated heterocycles. The molecule has 2 rings (SSSR count). The lowest BCUT2D eigenvalue weighted by Gasteiger charge is -2.22. The van der Waals surface area contributed by atoms with E-state index >= 15 is 0 Å². The first-order chi connectivity index (χ1) is 9.15. The van der Waals surface area contributed by atoms with E-state index < -0.39 is 0 Å². The van der Waals surface area contributed by atoms with Crippen molar-refractivity contribution in [3.63, 3.8) is 0 Å². The number of hydrogen-bond acceptors (Lipinski definition) is 2. The summed E-state index contributed by atoms with van der Waals surface area (Å²) in [5, 5.41) is 6.30. The highest BCUT2D eigenvalue weighted by molar-refractivity contribution is 5.92. The second kappa shape index (κ2) is 6.71. The van der Waals surface area contributed by atoms with Gasteiger partial charge in [0.15, 0.2) is 0 Å². The lowest BCUT2D eigenvalue weighted by atomic mass is 9.95. The molecule has 0 aliphatic heterocycles. The standard InChI is InChI=1S/C16H24N2O/c1-12-8-9-15(10-13(12)2)18-16(19)11-17-14-6-4-3-5-7-14/h8-10,14,17H,3-7,11H2,1-2H3,(H,18,19). The van der Waals surface area contributed by atoms with Crippen molar-refractivity contribution in [2.75, 3.05) is 11.9 Å². The smallest absolute Gasteiger partial charge is 0.238 e. The van der Waals surface area contributed by atoms with Crippen LogP contribution in [0.3, 0.4) is 0 Å². The zero-order valence-corrected chi connectivity index (χ0v) is 12.0. The van der Waals surface area contributed by atoms with Gasteiger partial charge in [-0.05, 0) is 49.9 Å². The second-order valence-corrected chi connectivity index (χ2v) is 5.56. The highest BCUT2D eigenvalue weighted by Gasteiger charge is 2.13.